The Hall–Kier alpha value is -3.37. The van der Waals surface area contributed by atoms with Gasteiger partial charge in [0.05, 0.1) is 41.9 Å². The van der Waals surface area contributed by atoms with E-state index in [9.17, 15) is 18.0 Å². The summed E-state index contributed by atoms with van der Waals surface area (Å²) in [5.41, 5.74) is 3.04. The lowest BCUT2D eigenvalue weighted by atomic mass is 9.91. The molecular weight excluding hydrogens is 483 g/mol. The number of Topliss-reactive ketones (excluding diaryl/α,β-unsaturated/α-hetero) is 1. The summed E-state index contributed by atoms with van der Waals surface area (Å²) in [5, 5.41) is 4.17. The molecule has 0 bridgehead atoms. The lowest BCUT2D eigenvalue weighted by Gasteiger charge is -2.36. The van der Waals surface area contributed by atoms with Gasteiger partial charge in [0.15, 0.2) is 11.6 Å². The van der Waals surface area contributed by atoms with Crippen LogP contribution in [0, 0.1) is 6.92 Å². The summed E-state index contributed by atoms with van der Waals surface area (Å²) in [6.07, 6.45) is 4.98. The van der Waals surface area contributed by atoms with E-state index in [1.807, 2.05) is 12.1 Å². The number of ether oxygens (including phenoxy) is 1. The molecule has 4 heterocycles. The summed E-state index contributed by atoms with van der Waals surface area (Å²) in [4.78, 5) is 24.0. The number of carbonyl (C=O) groups excluding carboxylic acids is 1. The van der Waals surface area contributed by atoms with Crippen LogP contribution in [0.1, 0.15) is 52.1 Å². The van der Waals surface area contributed by atoms with Gasteiger partial charge in [0, 0.05) is 37.9 Å². The number of alkyl halides is 3. The minimum atomic E-state index is -4.46. The molecule has 37 heavy (non-hydrogen) atoms. The van der Waals surface area contributed by atoms with Crippen molar-refractivity contribution in [2.45, 2.75) is 44.8 Å². The maximum absolute atomic E-state index is 13.0. The maximum atomic E-state index is 13.0. The van der Waals surface area contributed by atoms with E-state index < -0.39 is 11.7 Å². The summed E-state index contributed by atoms with van der Waals surface area (Å²) in [7, 11) is 0. The molecule has 0 N–H and O–H groups in total. The molecule has 1 unspecified atom stereocenters. The fraction of sp³-hybridized carbons (Fsp3) is 0.407. The summed E-state index contributed by atoms with van der Waals surface area (Å²) < 4.78 is 45.3. The molecule has 0 spiro atoms. The Labute approximate surface area is 213 Å². The molecular formula is C27H28F3N5O2. The van der Waals surface area contributed by atoms with Gasteiger partial charge in [-0.1, -0.05) is 12.1 Å². The second kappa shape index (κ2) is 10.5. The van der Waals surface area contributed by atoms with Crippen molar-refractivity contribution >= 4 is 11.4 Å². The first-order chi connectivity index (χ1) is 17.8. The average Bonchev–Trinajstić information content (AvgIpc) is 3.30. The molecule has 1 atom stereocenters. The van der Waals surface area contributed by atoms with Crippen molar-refractivity contribution < 1.29 is 22.7 Å². The van der Waals surface area contributed by atoms with E-state index >= 15 is 0 Å². The van der Waals surface area contributed by atoms with Crippen LogP contribution in [-0.4, -0.2) is 62.8 Å². The molecule has 1 fully saturated rings. The van der Waals surface area contributed by atoms with Crippen LogP contribution >= 0.6 is 0 Å². The molecule has 1 aliphatic carbocycles. The zero-order valence-corrected chi connectivity index (χ0v) is 20.5. The zero-order valence-electron chi connectivity index (χ0n) is 20.5. The van der Waals surface area contributed by atoms with Crippen LogP contribution < -0.4 is 0 Å². The number of ketones is 1. The van der Waals surface area contributed by atoms with Gasteiger partial charge in [0.2, 0.25) is 0 Å². The normalized spacial score (nSPS) is 19.0. The van der Waals surface area contributed by atoms with Gasteiger partial charge < -0.3 is 4.74 Å². The van der Waals surface area contributed by atoms with Crippen LogP contribution in [0.15, 0.2) is 48.9 Å². The van der Waals surface area contributed by atoms with Gasteiger partial charge >= 0.3 is 6.18 Å². The van der Waals surface area contributed by atoms with E-state index in [4.69, 9.17) is 4.74 Å². The van der Waals surface area contributed by atoms with Crippen LogP contribution in [-0.2, 0) is 17.3 Å². The van der Waals surface area contributed by atoms with Gasteiger partial charge in [-0.25, -0.2) is 9.67 Å². The van der Waals surface area contributed by atoms with Gasteiger partial charge in [-0.2, -0.15) is 18.3 Å². The van der Waals surface area contributed by atoms with Crippen LogP contribution in [0.25, 0.3) is 11.4 Å². The van der Waals surface area contributed by atoms with Gasteiger partial charge in [0.25, 0.3) is 0 Å². The van der Waals surface area contributed by atoms with E-state index in [2.05, 4.69) is 26.0 Å². The quantitative estimate of drug-likeness (QED) is 0.448. The standard InChI is InChI=1S/C27H28F3N5O2/c1-18-23(17-33-35(18)26-9-5-21(16-32-26)27(28,29)30)25(36)14-19-2-8-24(31-15-19)20-3-6-22(7-4-20)34-10-12-37-13-11-34/h2-3,5,8-9,15-17,22H,4,6-7,10-14H2,1H3. The highest BCUT2D eigenvalue weighted by atomic mass is 19.4. The number of carbonyl (C=O) groups is 1. The van der Waals surface area contributed by atoms with Crippen LogP contribution in [0.3, 0.4) is 0 Å². The summed E-state index contributed by atoms with van der Waals surface area (Å²) in [6.45, 7) is 5.30. The highest BCUT2D eigenvalue weighted by Crippen LogP contribution is 2.30. The molecule has 5 rings (SSSR count). The fourth-order valence-corrected chi connectivity index (χ4v) is 4.92. The van der Waals surface area contributed by atoms with Crippen molar-refractivity contribution in [1.29, 1.82) is 0 Å². The number of nitrogens with zero attached hydrogens (tertiary/aromatic N) is 5. The molecule has 3 aromatic heterocycles. The second-order valence-electron chi connectivity index (χ2n) is 9.42. The Morgan fingerprint density at radius 3 is 2.51 bits per heavy atom. The van der Waals surface area contributed by atoms with Gasteiger partial charge in [-0.05, 0) is 55.5 Å². The molecule has 2 aliphatic rings. The number of rotatable bonds is 6. The maximum Gasteiger partial charge on any atom is 0.417 e. The third kappa shape index (κ3) is 5.65. The van der Waals surface area contributed by atoms with Crippen molar-refractivity contribution in [3.8, 4) is 5.82 Å². The molecule has 3 aromatic rings. The first kappa shape index (κ1) is 25.3. The van der Waals surface area contributed by atoms with E-state index in [-0.39, 0.29) is 18.0 Å². The molecule has 0 aromatic carbocycles. The largest absolute Gasteiger partial charge is 0.417 e. The monoisotopic (exact) mass is 511 g/mol. The smallest absolute Gasteiger partial charge is 0.379 e. The molecule has 1 aliphatic heterocycles. The first-order valence-corrected chi connectivity index (χ1v) is 12.4. The Kier molecular flexibility index (Phi) is 7.21. The molecule has 1 saturated heterocycles. The third-order valence-corrected chi connectivity index (χ3v) is 7.07. The van der Waals surface area contributed by atoms with E-state index in [1.165, 1.54) is 22.5 Å². The fourth-order valence-electron chi connectivity index (χ4n) is 4.92. The Balaban J connectivity index is 1.22. The highest BCUT2D eigenvalue weighted by Gasteiger charge is 2.31. The molecule has 0 amide bonds. The number of hydrogen-bond acceptors (Lipinski definition) is 6. The topological polar surface area (TPSA) is 73.1 Å². The van der Waals surface area contributed by atoms with Crippen molar-refractivity contribution in [1.82, 2.24) is 24.6 Å². The lowest BCUT2D eigenvalue weighted by Crippen LogP contribution is -2.43. The predicted molar refractivity (Wildman–Crippen MR) is 131 cm³/mol. The van der Waals surface area contributed by atoms with Crippen LogP contribution in [0.5, 0.6) is 0 Å². The molecule has 7 nitrogen and oxygen atoms in total. The van der Waals surface area contributed by atoms with Gasteiger partial charge in [-0.3, -0.25) is 14.7 Å². The van der Waals surface area contributed by atoms with Crippen LogP contribution in [0.2, 0.25) is 0 Å². The Bertz CT molecular complexity index is 1280. The third-order valence-electron chi connectivity index (χ3n) is 7.07. The number of allylic oxidation sites excluding steroid dienone is 1. The zero-order chi connectivity index (χ0) is 26.0. The summed E-state index contributed by atoms with van der Waals surface area (Å²) in [5.74, 6) is 0.0719. The molecule has 10 heteroatoms. The Morgan fingerprint density at radius 2 is 1.89 bits per heavy atom. The summed E-state index contributed by atoms with van der Waals surface area (Å²) >= 11 is 0. The van der Waals surface area contributed by atoms with Crippen LogP contribution in [0.4, 0.5) is 13.2 Å². The minimum absolute atomic E-state index is 0.143. The minimum Gasteiger partial charge on any atom is -0.379 e. The van der Waals surface area contributed by atoms with Crippen molar-refractivity contribution in [2.75, 3.05) is 26.3 Å². The van der Waals surface area contributed by atoms with E-state index in [0.29, 0.717) is 17.3 Å². The Morgan fingerprint density at radius 1 is 1.08 bits per heavy atom. The molecule has 0 radical (unpaired) electrons. The SMILES string of the molecule is Cc1c(C(=O)Cc2ccc(C3=CCC(N4CCOCC4)CC3)nc2)cnn1-c1ccc(C(F)(F)F)cn1. The number of pyridine rings is 2. The van der Waals surface area contributed by atoms with Crippen molar-refractivity contribution in [2.24, 2.45) is 0 Å². The number of aromatic nitrogens is 4. The van der Waals surface area contributed by atoms with Gasteiger partial charge in [-0.15, -0.1) is 0 Å². The lowest BCUT2D eigenvalue weighted by molar-refractivity contribution is -0.137. The summed E-state index contributed by atoms with van der Waals surface area (Å²) in [6, 6.07) is 6.63. The second-order valence-corrected chi connectivity index (χ2v) is 9.42. The van der Waals surface area contributed by atoms with Gasteiger partial charge in [0.1, 0.15) is 0 Å². The first-order valence-electron chi connectivity index (χ1n) is 12.4. The van der Waals surface area contributed by atoms with E-state index in [0.717, 1.165) is 69.1 Å². The van der Waals surface area contributed by atoms with E-state index in [1.54, 1.807) is 13.1 Å². The average molecular weight is 512 g/mol. The number of halogens is 3. The number of morpholine rings is 1. The van der Waals surface area contributed by atoms with Crippen molar-refractivity contribution in [3.63, 3.8) is 0 Å². The molecule has 0 saturated carbocycles. The number of hydrogen-bond donors (Lipinski definition) is 0. The van der Waals surface area contributed by atoms with Crippen molar-refractivity contribution in [3.05, 3.63) is 77.0 Å². The highest BCUT2D eigenvalue weighted by molar-refractivity contribution is 5.98. The predicted octanol–water partition coefficient (Wildman–Crippen LogP) is 4.68. The molecule has 194 valence electrons.